The van der Waals surface area contributed by atoms with Gasteiger partial charge < -0.3 is 15.7 Å². The van der Waals surface area contributed by atoms with Crippen molar-refractivity contribution in [2.24, 2.45) is 5.73 Å². The zero-order chi connectivity index (χ0) is 13.3. The monoisotopic (exact) mass is 252 g/mol. The molecule has 0 amide bonds. The van der Waals surface area contributed by atoms with Crippen LogP contribution >= 0.6 is 0 Å². The van der Waals surface area contributed by atoms with Crippen LogP contribution in [0.1, 0.15) is 38.3 Å². The number of benzene rings is 1. The Balaban J connectivity index is 2.24. The van der Waals surface area contributed by atoms with Crippen LogP contribution in [0, 0.1) is 5.82 Å². The number of nitrogens with two attached hydrogens (primary N) is 1. The Bertz CT molecular complexity index is 422. The predicted molar refractivity (Wildman–Crippen MR) is 71.1 cm³/mol. The van der Waals surface area contributed by atoms with Gasteiger partial charge in [0.15, 0.2) is 0 Å². The maximum absolute atomic E-state index is 13.3. The van der Waals surface area contributed by atoms with Gasteiger partial charge in [-0.05, 0) is 50.5 Å². The van der Waals surface area contributed by atoms with Crippen molar-refractivity contribution < 1.29 is 9.50 Å². The fraction of sp³-hybridized carbons (Fsp3) is 0.571. The average Bonchev–Trinajstić information content (AvgIpc) is 2.29. The fourth-order valence-electron chi connectivity index (χ4n) is 2.41. The van der Waals surface area contributed by atoms with Crippen LogP contribution in [0.15, 0.2) is 18.2 Å². The summed E-state index contributed by atoms with van der Waals surface area (Å²) in [5.74, 6) is -0.255. The zero-order valence-corrected chi connectivity index (χ0v) is 11.0. The molecule has 1 aliphatic heterocycles. The van der Waals surface area contributed by atoms with E-state index in [9.17, 15) is 9.50 Å². The number of hydrogen-bond acceptors (Lipinski definition) is 3. The van der Waals surface area contributed by atoms with E-state index in [1.807, 2.05) is 13.8 Å². The highest BCUT2D eigenvalue weighted by molar-refractivity contribution is 5.55. The maximum Gasteiger partial charge on any atom is 0.123 e. The highest BCUT2D eigenvalue weighted by Crippen LogP contribution is 2.31. The quantitative estimate of drug-likeness (QED) is 0.848. The summed E-state index contributed by atoms with van der Waals surface area (Å²) in [4.78, 5) is 2.18. The van der Waals surface area contributed by atoms with Gasteiger partial charge in [0.25, 0.3) is 0 Å². The van der Waals surface area contributed by atoms with E-state index >= 15 is 0 Å². The minimum atomic E-state index is -0.578. The van der Waals surface area contributed by atoms with Crippen LogP contribution in [-0.4, -0.2) is 23.8 Å². The van der Waals surface area contributed by atoms with Gasteiger partial charge >= 0.3 is 0 Å². The molecule has 0 saturated carbocycles. The van der Waals surface area contributed by atoms with Gasteiger partial charge in [0.05, 0.1) is 5.60 Å². The third-order valence-corrected chi connectivity index (χ3v) is 3.66. The van der Waals surface area contributed by atoms with Gasteiger partial charge in [-0.2, -0.15) is 0 Å². The van der Waals surface area contributed by atoms with E-state index in [2.05, 4.69) is 4.90 Å². The van der Waals surface area contributed by atoms with Crippen LogP contribution in [0.25, 0.3) is 0 Å². The molecule has 4 heteroatoms. The van der Waals surface area contributed by atoms with Crippen molar-refractivity contribution >= 4 is 5.69 Å². The van der Waals surface area contributed by atoms with Crippen molar-refractivity contribution in [3.63, 3.8) is 0 Å². The van der Waals surface area contributed by atoms with Crippen LogP contribution < -0.4 is 10.6 Å². The van der Waals surface area contributed by atoms with Gasteiger partial charge in [0, 0.05) is 24.8 Å². The van der Waals surface area contributed by atoms with Crippen LogP contribution in [0.5, 0.6) is 0 Å². The summed E-state index contributed by atoms with van der Waals surface area (Å²) in [5.41, 5.74) is 7.14. The molecule has 3 nitrogen and oxygen atoms in total. The lowest BCUT2D eigenvalue weighted by molar-refractivity contribution is 0.0351. The summed E-state index contributed by atoms with van der Waals surface area (Å²) < 4.78 is 13.3. The van der Waals surface area contributed by atoms with E-state index in [1.165, 1.54) is 12.1 Å². The highest BCUT2D eigenvalue weighted by Gasteiger charge is 2.28. The lowest BCUT2D eigenvalue weighted by Gasteiger charge is -2.38. The van der Waals surface area contributed by atoms with Gasteiger partial charge in [-0.15, -0.1) is 0 Å². The van der Waals surface area contributed by atoms with Gasteiger partial charge in [0.2, 0.25) is 0 Å². The van der Waals surface area contributed by atoms with E-state index in [0.717, 1.165) is 37.2 Å². The van der Waals surface area contributed by atoms with Crippen LogP contribution in [-0.2, 0) is 0 Å². The van der Waals surface area contributed by atoms with Gasteiger partial charge in [-0.1, -0.05) is 0 Å². The summed E-state index contributed by atoms with van der Waals surface area (Å²) in [7, 11) is 0. The molecule has 0 bridgehead atoms. The molecule has 1 atom stereocenters. The molecule has 1 fully saturated rings. The molecule has 3 N–H and O–H groups in total. The average molecular weight is 252 g/mol. The molecule has 1 heterocycles. The minimum absolute atomic E-state index is 0.196. The third-order valence-electron chi connectivity index (χ3n) is 3.66. The zero-order valence-electron chi connectivity index (χ0n) is 11.0. The first-order valence-corrected chi connectivity index (χ1v) is 6.41. The van der Waals surface area contributed by atoms with Gasteiger partial charge in [-0.25, -0.2) is 4.39 Å². The Kier molecular flexibility index (Phi) is 3.59. The number of rotatable bonds is 2. The minimum Gasteiger partial charge on any atom is -0.390 e. The van der Waals surface area contributed by atoms with Crippen LogP contribution in [0.2, 0.25) is 0 Å². The van der Waals surface area contributed by atoms with Gasteiger partial charge in [0.1, 0.15) is 5.82 Å². The molecular formula is C14H21FN2O. The topological polar surface area (TPSA) is 49.5 Å². The maximum atomic E-state index is 13.3. The highest BCUT2D eigenvalue weighted by atomic mass is 19.1. The van der Waals surface area contributed by atoms with E-state index in [0.29, 0.717) is 0 Å². The second-order valence-electron chi connectivity index (χ2n) is 5.48. The first kappa shape index (κ1) is 13.3. The van der Waals surface area contributed by atoms with Crippen LogP contribution in [0.3, 0.4) is 0 Å². The Morgan fingerprint density at radius 1 is 1.39 bits per heavy atom. The van der Waals surface area contributed by atoms with Crippen molar-refractivity contribution in [3.05, 3.63) is 29.6 Å². The molecule has 1 aromatic carbocycles. The molecule has 0 aromatic heterocycles. The Morgan fingerprint density at radius 3 is 2.56 bits per heavy atom. The van der Waals surface area contributed by atoms with E-state index in [4.69, 9.17) is 5.73 Å². The fourth-order valence-corrected chi connectivity index (χ4v) is 2.41. The molecule has 0 spiro atoms. The Hall–Kier alpha value is -1.13. The number of hydrogen-bond donors (Lipinski definition) is 2. The van der Waals surface area contributed by atoms with Crippen molar-refractivity contribution in [2.45, 2.75) is 38.3 Å². The largest absolute Gasteiger partial charge is 0.390 e. The first-order chi connectivity index (χ1) is 8.39. The lowest BCUT2D eigenvalue weighted by Crippen LogP contribution is -2.43. The predicted octanol–water partition coefficient (Wildman–Crippen LogP) is 2.20. The van der Waals surface area contributed by atoms with E-state index in [-0.39, 0.29) is 11.9 Å². The number of halogens is 1. The van der Waals surface area contributed by atoms with E-state index in [1.54, 1.807) is 6.07 Å². The number of anilines is 1. The smallest absolute Gasteiger partial charge is 0.123 e. The number of nitrogens with zero attached hydrogens (tertiary/aromatic N) is 1. The summed E-state index contributed by atoms with van der Waals surface area (Å²) in [6.45, 7) is 5.27. The standard InChI is InChI=1S/C14H21FN2O/c1-10(16)12-9-11(15)3-4-13(12)17-7-5-14(2,18)6-8-17/h3-4,9-10,18H,5-8,16H2,1-2H3/t10-/m1/s1. The summed E-state index contributed by atoms with van der Waals surface area (Å²) in [5, 5.41) is 9.95. The third kappa shape index (κ3) is 2.82. The van der Waals surface area contributed by atoms with Gasteiger partial charge in [-0.3, -0.25) is 0 Å². The van der Waals surface area contributed by atoms with Crippen molar-refractivity contribution in [3.8, 4) is 0 Å². The summed E-state index contributed by atoms with van der Waals surface area (Å²) in [6, 6.07) is 4.56. The number of aliphatic hydroxyl groups is 1. The molecule has 1 aliphatic rings. The second-order valence-corrected chi connectivity index (χ2v) is 5.48. The molecule has 0 unspecified atom stereocenters. The van der Waals surface area contributed by atoms with Crippen molar-refractivity contribution in [2.75, 3.05) is 18.0 Å². The normalized spacial score (nSPS) is 20.8. The van der Waals surface area contributed by atoms with Crippen molar-refractivity contribution in [1.29, 1.82) is 0 Å². The summed E-state index contributed by atoms with van der Waals surface area (Å²) >= 11 is 0. The second kappa shape index (κ2) is 4.86. The Morgan fingerprint density at radius 2 is 2.00 bits per heavy atom. The molecule has 1 aromatic rings. The van der Waals surface area contributed by atoms with Crippen LogP contribution in [0.4, 0.5) is 10.1 Å². The first-order valence-electron chi connectivity index (χ1n) is 6.41. The lowest BCUT2D eigenvalue weighted by atomic mass is 9.92. The molecule has 100 valence electrons. The summed E-state index contributed by atoms with van der Waals surface area (Å²) in [6.07, 6.45) is 1.45. The Labute approximate surface area is 107 Å². The molecular weight excluding hydrogens is 231 g/mol. The van der Waals surface area contributed by atoms with Crippen molar-refractivity contribution in [1.82, 2.24) is 0 Å². The number of piperidine rings is 1. The molecule has 18 heavy (non-hydrogen) atoms. The van der Waals surface area contributed by atoms with E-state index < -0.39 is 5.60 Å². The molecule has 1 saturated heterocycles. The molecule has 0 aliphatic carbocycles. The SMILES string of the molecule is C[C@@H](N)c1cc(F)ccc1N1CCC(C)(O)CC1. The molecule has 0 radical (unpaired) electrons. The molecule has 2 rings (SSSR count).